The largest absolute Gasteiger partial charge is 0.444 e. The summed E-state index contributed by atoms with van der Waals surface area (Å²) in [4.78, 5) is 4.74. The minimum absolute atomic E-state index is 0.218. The van der Waals surface area contributed by atoms with E-state index in [0.29, 0.717) is 5.90 Å². The van der Waals surface area contributed by atoms with Gasteiger partial charge in [-0.3, -0.25) is 0 Å². The maximum atomic E-state index is 6.26. The number of benzene rings is 2. The van der Waals surface area contributed by atoms with Crippen LogP contribution in [0.15, 0.2) is 59.6 Å². The number of fused-ring (bicyclic) bond motifs is 3. The molecule has 23 heavy (non-hydrogen) atoms. The van der Waals surface area contributed by atoms with Gasteiger partial charge in [-0.15, -0.1) is 0 Å². The Morgan fingerprint density at radius 3 is 2.48 bits per heavy atom. The van der Waals surface area contributed by atoms with Gasteiger partial charge in [0.25, 0.3) is 0 Å². The number of rotatable bonds is 0. The van der Waals surface area contributed by atoms with Gasteiger partial charge >= 0.3 is 5.79 Å². The molecule has 0 saturated carbocycles. The molecule has 3 nitrogen and oxygen atoms in total. The third-order valence-corrected chi connectivity index (χ3v) is 3.88. The number of nitrogens with zero attached hydrogens (tertiary/aromatic N) is 1. The van der Waals surface area contributed by atoms with Gasteiger partial charge < -0.3 is 9.47 Å². The SMILES string of the molecule is CC(C)(C)N=C1OC2(C=Cc3ccccc3O2)c2ccccc21. The Kier molecular flexibility index (Phi) is 2.89. The summed E-state index contributed by atoms with van der Waals surface area (Å²) in [6.45, 7) is 6.18. The highest BCUT2D eigenvalue weighted by Gasteiger charge is 2.46. The van der Waals surface area contributed by atoms with Crippen LogP contribution in [0.3, 0.4) is 0 Å². The molecule has 116 valence electrons. The smallest absolute Gasteiger partial charge is 0.300 e. The summed E-state index contributed by atoms with van der Waals surface area (Å²) in [5, 5.41) is 0. The van der Waals surface area contributed by atoms with Crippen molar-refractivity contribution in [1.82, 2.24) is 0 Å². The standard InChI is InChI=1S/C20H19NO2/c1-19(2,3)21-18-15-9-5-6-10-16(15)20(23-18)13-12-14-8-4-7-11-17(14)22-20/h4-13H,1-3H3. The van der Waals surface area contributed by atoms with Gasteiger partial charge in [0.1, 0.15) is 5.75 Å². The Balaban J connectivity index is 1.85. The van der Waals surface area contributed by atoms with E-state index in [1.165, 1.54) is 0 Å². The number of aliphatic imine (C=N–C) groups is 1. The molecule has 0 aromatic heterocycles. The summed E-state index contributed by atoms with van der Waals surface area (Å²) < 4.78 is 12.5. The van der Waals surface area contributed by atoms with Crippen molar-refractivity contribution in [2.24, 2.45) is 4.99 Å². The summed E-state index contributed by atoms with van der Waals surface area (Å²) >= 11 is 0. The van der Waals surface area contributed by atoms with Crippen LogP contribution in [0.25, 0.3) is 6.08 Å². The van der Waals surface area contributed by atoms with Crippen LogP contribution in [0.4, 0.5) is 0 Å². The fraction of sp³-hybridized carbons (Fsp3) is 0.250. The van der Waals surface area contributed by atoms with Crippen LogP contribution in [-0.2, 0) is 10.5 Å². The Morgan fingerprint density at radius 1 is 0.913 bits per heavy atom. The van der Waals surface area contributed by atoms with Crippen molar-refractivity contribution < 1.29 is 9.47 Å². The molecule has 0 radical (unpaired) electrons. The van der Waals surface area contributed by atoms with E-state index < -0.39 is 5.79 Å². The minimum Gasteiger partial charge on any atom is -0.444 e. The van der Waals surface area contributed by atoms with Crippen molar-refractivity contribution in [2.75, 3.05) is 0 Å². The molecule has 0 saturated heterocycles. The minimum atomic E-state index is -0.922. The lowest BCUT2D eigenvalue weighted by Gasteiger charge is -2.30. The maximum absolute atomic E-state index is 6.26. The van der Waals surface area contributed by atoms with Crippen molar-refractivity contribution in [3.05, 3.63) is 71.3 Å². The molecule has 2 aliphatic rings. The zero-order valence-electron chi connectivity index (χ0n) is 13.5. The fourth-order valence-corrected chi connectivity index (χ4v) is 2.92. The predicted octanol–water partition coefficient (Wildman–Crippen LogP) is 4.52. The zero-order chi connectivity index (χ0) is 16.1. The van der Waals surface area contributed by atoms with Crippen LogP contribution >= 0.6 is 0 Å². The van der Waals surface area contributed by atoms with E-state index in [2.05, 4.69) is 26.8 Å². The number of para-hydroxylation sites is 1. The van der Waals surface area contributed by atoms with Crippen LogP contribution in [0.1, 0.15) is 37.5 Å². The van der Waals surface area contributed by atoms with Crippen LogP contribution in [0.2, 0.25) is 0 Å². The molecule has 1 unspecified atom stereocenters. The average Bonchev–Trinajstić information content (AvgIpc) is 2.80. The Morgan fingerprint density at radius 2 is 1.65 bits per heavy atom. The molecule has 4 rings (SSSR count). The second-order valence-corrected chi connectivity index (χ2v) is 6.88. The highest BCUT2D eigenvalue weighted by molar-refractivity contribution is 5.99. The van der Waals surface area contributed by atoms with Gasteiger partial charge in [0.05, 0.1) is 11.1 Å². The summed E-state index contributed by atoms with van der Waals surface area (Å²) in [5.74, 6) is 0.536. The topological polar surface area (TPSA) is 30.8 Å². The van der Waals surface area contributed by atoms with Crippen LogP contribution in [0.5, 0.6) is 5.75 Å². The van der Waals surface area contributed by atoms with E-state index in [1.807, 2.05) is 54.6 Å². The average molecular weight is 305 g/mol. The molecule has 2 aliphatic heterocycles. The van der Waals surface area contributed by atoms with Gasteiger partial charge in [-0.2, -0.15) is 0 Å². The molecule has 2 aromatic carbocycles. The molecule has 0 fully saturated rings. The van der Waals surface area contributed by atoms with Crippen LogP contribution in [-0.4, -0.2) is 11.4 Å². The first-order valence-electron chi connectivity index (χ1n) is 7.83. The molecule has 0 aliphatic carbocycles. The van der Waals surface area contributed by atoms with Gasteiger partial charge in [0.2, 0.25) is 5.90 Å². The van der Waals surface area contributed by atoms with Crippen LogP contribution < -0.4 is 4.74 Å². The molecular weight excluding hydrogens is 286 g/mol. The second kappa shape index (κ2) is 4.72. The first-order valence-corrected chi connectivity index (χ1v) is 7.83. The Labute approximate surface area is 136 Å². The first kappa shape index (κ1) is 14.1. The van der Waals surface area contributed by atoms with E-state index in [4.69, 9.17) is 14.5 Å². The van der Waals surface area contributed by atoms with Crippen molar-refractivity contribution in [2.45, 2.75) is 32.1 Å². The lowest BCUT2D eigenvalue weighted by Crippen LogP contribution is -2.33. The van der Waals surface area contributed by atoms with E-state index in [-0.39, 0.29) is 5.54 Å². The summed E-state index contributed by atoms with van der Waals surface area (Å²) in [6.07, 6.45) is 4.02. The first-order chi connectivity index (χ1) is 11.0. The molecule has 1 spiro atoms. The van der Waals surface area contributed by atoms with Crippen LogP contribution in [0, 0.1) is 0 Å². The number of hydrogen-bond acceptors (Lipinski definition) is 3. The van der Waals surface area contributed by atoms with E-state index in [9.17, 15) is 0 Å². The second-order valence-electron chi connectivity index (χ2n) is 6.88. The molecule has 1 atom stereocenters. The normalized spacial score (nSPS) is 23.3. The van der Waals surface area contributed by atoms with Gasteiger partial charge in [-0.25, -0.2) is 4.99 Å². The molecule has 0 amide bonds. The molecule has 3 heteroatoms. The van der Waals surface area contributed by atoms with Gasteiger partial charge in [0.15, 0.2) is 0 Å². The third kappa shape index (κ3) is 2.33. The number of hydrogen-bond donors (Lipinski definition) is 0. The fourth-order valence-electron chi connectivity index (χ4n) is 2.92. The van der Waals surface area contributed by atoms with Gasteiger partial charge in [-0.1, -0.05) is 36.4 Å². The zero-order valence-corrected chi connectivity index (χ0v) is 13.5. The molecule has 0 bridgehead atoms. The lowest BCUT2D eigenvalue weighted by atomic mass is 9.98. The summed E-state index contributed by atoms with van der Waals surface area (Å²) in [6, 6.07) is 16.0. The quantitative estimate of drug-likeness (QED) is 0.716. The Hall–Kier alpha value is -2.55. The summed E-state index contributed by atoms with van der Waals surface area (Å²) in [7, 11) is 0. The molecule has 2 aromatic rings. The summed E-state index contributed by atoms with van der Waals surface area (Å²) in [5.41, 5.74) is 2.82. The van der Waals surface area contributed by atoms with Gasteiger partial charge in [-0.05, 0) is 39.0 Å². The number of ether oxygens (including phenoxy) is 2. The van der Waals surface area contributed by atoms with Crippen molar-refractivity contribution in [3.8, 4) is 5.75 Å². The van der Waals surface area contributed by atoms with Crippen molar-refractivity contribution in [1.29, 1.82) is 0 Å². The maximum Gasteiger partial charge on any atom is 0.300 e. The monoisotopic (exact) mass is 305 g/mol. The lowest BCUT2D eigenvalue weighted by molar-refractivity contribution is -0.0794. The van der Waals surface area contributed by atoms with Crippen molar-refractivity contribution >= 4 is 12.0 Å². The molecule has 2 heterocycles. The highest BCUT2D eigenvalue weighted by atomic mass is 16.7. The van der Waals surface area contributed by atoms with Gasteiger partial charge in [0, 0.05) is 17.2 Å². The Bertz CT molecular complexity index is 830. The molecular formula is C20H19NO2. The van der Waals surface area contributed by atoms with E-state index >= 15 is 0 Å². The van der Waals surface area contributed by atoms with E-state index in [0.717, 1.165) is 22.4 Å². The molecule has 0 N–H and O–H groups in total. The van der Waals surface area contributed by atoms with Crippen molar-refractivity contribution in [3.63, 3.8) is 0 Å². The van der Waals surface area contributed by atoms with E-state index in [1.54, 1.807) is 0 Å². The third-order valence-electron chi connectivity index (χ3n) is 3.88. The highest BCUT2D eigenvalue weighted by Crippen LogP contribution is 2.44. The predicted molar refractivity (Wildman–Crippen MR) is 91.6 cm³/mol.